The minimum Gasteiger partial charge on any atom is -0.306 e. The number of hydrogen-bond acceptors (Lipinski definition) is 3. The van der Waals surface area contributed by atoms with Crippen molar-refractivity contribution < 1.29 is 0 Å². The van der Waals surface area contributed by atoms with E-state index in [1.54, 1.807) is 11.3 Å². The van der Waals surface area contributed by atoms with E-state index >= 15 is 0 Å². The van der Waals surface area contributed by atoms with Crippen molar-refractivity contribution in [2.75, 3.05) is 0 Å². The second-order valence-corrected chi connectivity index (χ2v) is 4.87. The minimum absolute atomic E-state index is 0.350. The number of allylic oxidation sites excluding steroid dienone is 1. The van der Waals surface area contributed by atoms with Crippen molar-refractivity contribution in [3.05, 3.63) is 28.7 Å². The average Bonchev–Trinajstić information content (AvgIpc) is 2.61. The zero-order valence-electron chi connectivity index (χ0n) is 9.79. The second kappa shape index (κ2) is 6.03. The second-order valence-electron chi connectivity index (χ2n) is 3.98. The monoisotopic (exact) mass is 224 g/mol. The van der Waals surface area contributed by atoms with Crippen LogP contribution in [-0.4, -0.2) is 11.0 Å². The Bertz CT molecular complexity index is 306. The van der Waals surface area contributed by atoms with Crippen LogP contribution >= 0.6 is 11.3 Å². The van der Waals surface area contributed by atoms with Crippen LogP contribution in [0.1, 0.15) is 43.4 Å². The van der Waals surface area contributed by atoms with Crippen LogP contribution in [0.3, 0.4) is 0 Å². The summed E-state index contributed by atoms with van der Waals surface area (Å²) in [5.74, 6) is 0. The quantitative estimate of drug-likeness (QED) is 0.749. The fourth-order valence-corrected chi connectivity index (χ4v) is 2.33. The number of nitrogens with zero attached hydrogens (tertiary/aromatic N) is 1. The molecule has 1 heterocycles. The van der Waals surface area contributed by atoms with Gasteiger partial charge in [0.2, 0.25) is 0 Å². The Morgan fingerprint density at radius 1 is 1.60 bits per heavy atom. The zero-order chi connectivity index (χ0) is 11.3. The van der Waals surface area contributed by atoms with Gasteiger partial charge in [0.25, 0.3) is 0 Å². The first-order valence-electron chi connectivity index (χ1n) is 5.42. The van der Waals surface area contributed by atoms with Crippen molar-refractivity contribution in [3.63, 3.8) is 0 Å². The molecule has 0 unspecified atom stereocenters. The van der Waals surface area contributed by atoms with Crippen LogP contribution in [0.15, 0.2) is 18.0 Å². The van der Waals surface area contributed by atoms with Gasteiger partial charge in [0.1, 0.15) is 5.01 Å². The minimum atomic E-state index is 0.350. The molecule has 84 valence electrons. The topological polar surface area (TPSA) is 24.9 Å². The molecule has 1 aromatic heterocycles. The predicted octanol–water partition coefficient (Wildman–Crippen LogP) is 3.46. The summed E-state index contributed by atoms with van der Waals surface area (Å²) in [5.41, 5.74) is 1.11. The lowest BCUT2D eigenvalue weighted by molar-refractivity contribution is 0.457. The number of thiazole rings is 1. The van der Waals surface area contributed by atoms with Crippen LogP contribution in [0, 0.1) is 6.92 Å². The summed E-state index contributed by atoms with van der Waals surface area (Å²) in [6.07, 6.45) is 4.17. The van der Waals surface area contributed by atoms with E-state index < -0.39 is 0 Å². The third-order valence-electron chi connectivity index (χ3n) is 2.35. The third-order valence-corrected chi connectivity index (χ3v) is 3.49. The molecular weight excluding hydrogens is 204 g/mol. The van der Waals surface area contributed by atoms with Crippen molar-refractivity contribution in [1.29, 1.82) is 0 Å². The Morgan fingerprint density at radius 3 is 2.87 bits per heavy atom. The molecule has 0 amide bonds. The van der Waals surface area contributed by atoms with Gasteiger partial charge in [0.05, 0.1) is 6.04 Å². The number of rotatable bonds is 6. The van der Waals surface area contributed by atoms with Gasteiger partial charge in [0.15, 0.2) is 0 Å². The van der Waals surface area contributed by atoms with Gasteiger partial charge in [-0.05, 0) is 33.6 Å². The first-order chi connectivity index (χ1) is 7.13. The molecule has 0 aliphatic rings. The highest BCUT2D eigenvalue weighted by Gasteiger charge is 2.11. The molecule has 0 bridgehead atoms. The predicted molar refractivity (Wildman–Crippen MR) is 67.3 cm³/mol. The van der Waals surface area contributed by atoms with E-state index in [4.69, 9.17) is 0 Å². The Balaban J connectivity index is 2.41. The van der Waals surface area contributed by atoms with Gasteiger partial charge in [-0.2, -0.15) is 0 Å². The molecule has 2 nitrogen and oxygen atoms in total. The van der Waals surface area contributed by atoms with E-state index in [0.717, 1.165) is 18.5 Å². The summed E-state index contributed by atoms with van der Waals surface area (Å²) in [6, 6.07) is 0.866. The van der Waals surface area contributed by atoms with Gasteiger partial charge in [-0.15, -0.1) is 17.9 Å². The largest absolute Gasteiger partial charge is 0.306 e. The maximum absolute atomic E-state index is 4.48. The van der Waals surface area contributed by atoms with Gasteiger partial charge < -0.3 is 5.32 Å². The molecule has 0 saturated heterocycles. The summed E-state index contributed by atoms with van der Waals surface area (Å²) in [6.45, 7) is 10.1. The molecule has 1 rings (SSSR count). The van der Waals surface area contributed by atoms with E-state index in [0.29, 0.717) is 12.1 Å². The Kier molecular flexibility index (Phi) is 4.99. The van der Waals surface area contributed by atoms with Gasteiger partial charge in [-0.25, -0.2) is 4.98 Å². The molecular formula is C12H20N2S. The molecule has 0 spiro atoms. The van der Waals surface area contributed by atoms with Crippen LogP contribution in [0.5, 0.6) is 0 Å². The van der Waals surface area contributed by atoms with Crippen LogP contribution in [0.4, 0.5) is 0 Å². The molecule has 0 fully saturated rings. The molecule has 15 heavy (non-hydrogen) atoms. The van der Waals surface area contributed by atoms with E-state index in [-0.39, 0.29) is 0 Å². The summed E-state index contributed by atoms with van der Waals surface area (Å²) in [7, 11) is 0. The summed E-state index contributed by atoms with van der Waals surface area (Å²) >= 11 is 1.73. The number of aryl methyl sites for hydroxylation is 1. The molecule has 0 radical (unpaired) electrons. The van der Waals surface area contributed by atoms with Crippen molar-refractivity contribution in [2.24, 2.45) is 0 Å². The molecule has 2 atom stereocenters. The number of hydrogen-bond donors (Lipinski definition) is 1. The highest BCUT2D eigenvalue weighted by atomic mass is 32.1. The lowest BCUT2D eigenvalue weighted by Gasteiger charge is -2.17. The van der Waals surface area contributed by atoms with Crippen LogP contribution in [0.25, 0.3) is 0 Å². The maximum atomic E-state index is 4.48. The standard InChI is InChI=1S/C12H20N2S/c1-5-6-7-9(2)13-11(4)12-14-10(3)8-15-12/h5,8-9,11,13H,1,6-7H2,2-4H3/t9-,11-/m0/s1. The van der Waals surface area contributed by atoms with E-state index in [1.807, 2.05) is 13.0 Å². The van der Waals surface area contributed by atoms with Gasteiger partial charge in [-0.3, -0.25) is 0 Å². The third kappa shape index (κ3) is 4.14. The molecule has 0 aromatic carbocycles. The normalized spacial score (nSPS) is 14.9. The molecule has 0 aliphatic carbocycles. The summed E-state index contributed by atoms with van der Waals surface area (Å²) in [4.78, 5) is 4.48. The summed E-state index contributed by atoms with van der Waals surface area (Å²) < 4.78 is 0. The van der Waals surface area contributed by atoms with Crippen molar-refractivity contribution in [3.8, 4) is 0 Å². The summed E-state index contributed by atoms with van der Waals surface area (Å²) in [5, 5.41) is 6.82. The highest BCUT2D eigenvalue weighted by molar-refractivity contribution is 7.09. The zero-order valence-corrected chi connectivity index (χ0v) is 10.6. The maximum Gasteiger partial charge on any atom is 0.110 e. The van der Waals surface area contributed by atoms with Crippen LogP contribution in [-0.2, 0) is 0 Å². The highest BCUT2D eigenvalue weighted by Crippen LogP contribution is 2.18. The Labute approximate surface area is 96.4 Å². The first-order valence-corrected chi connectivity index (χ1v) is 6.30. The van der Waals surface area contributed by atoms with Crippen molar-refractivity contribution >= 4 is 11.3 Å². The van der Waals surface area contributed by atoms with Crippen LogP contribution < -0.4 is 5.32 Å². The Hall–Kier alpha value is -0.670. The number of nitrogens with one attached hydrogen (secondary N) is 1. The van der Waals surface area contributed by atoms with Crippen LogP contribution in [0.2, 0.25) is 0 Å². The average molecular weight is 224 g/mol. The van der Waals surface area contributed by atoms with Gasteiger partial charge in [0, 0.05) is 17.1 Å². The lowest BCUT2D eigenvalue weighted by atomic mass is 10.1. The molecule has 1 N–H and O–H groups in total. The molecule has 0 saturated carbocycles. The fourth-order valence-electron chi connectivity index (χ4n) is 1.52. The number of aromatic nitrogens is 1. The van der Waals surface area contributed by atoms with E-state index in [9.17, 15) is 0 Å². The van der Waals surface area contributed by atoms with Crippen molar-refractivity contribution in [2.45, 2.75) is 45.7 Å². The molecule has 0 aliphatic heterocycles. The van der Waals surface area contributed by atoms with Crippen molar-refractivity contribution in [1.82, 2.24) is 10.3 Å². The van der Waals surface area contributed by atoms with E-state index in [1.165, 1.54) is 5.01 Å². The van der Waals surface area contributed by atoms with Gasteiger partial charge in [-0.1, -0.05) is 6.08 Å². The van der Waals surface area contributed by atoms with Gasteiger partial charge >= 0.3 is 0 Å². The lowest BCUT2D eigenvalue weighted by Crippen LogP contribution is -2.28. The molecule has 1 aromatic rings. The molecule has 3 heteroatoms. The smallest absolute Gasteiger partial charge is 0.110 e. The van der Waals surface area contributed by atoms with E-state index in [2.05, 4.69) is 36.1 Å². The Morgan fingerprint density at radius 2 is 2.33 bits per heavy atom. The fraction of sp³-hybridized carbons (Fsp3) is 0.583. The first kappa shape index (κ1) is 12.4. The SMILES string of the molecule is C=CCC[C@H](C)N[C@@H](C)c1nc(C)cs1.